The van der Waals surface area contributed by atoms with E-state index in [0.29, 0.717) is 0 Å². The van der Waals surface area contributed by atoms with Crippen molar-refractivity contribution in [2.45, 2.75) is 12.8 Å². The highest BCUT2D eigenvalue weighted by Gasteiger charge is 2.12. The maximum Gasteiger partial charge on any atom is 0.248 e. The number of H-pyrrole nitrogens is 1. The van der Waals surface area contributed by atoms with Crippen LogP contribution in [0.5, 0.6) is 0 Å². The summed E-state index contributed by atoms with van der Waals surface area (Å²) >= 11 is 0. The van der Waals surface area contributed by atoms with Crippen LogP contribution in [-0.2, 0) is 0 Å². The Hall–Kier alpha value is -1.77. The van der Waals surface area contributed by atoms with Crippen molar-refractivity contribution < 1.29 is 0 Å². The molecule has 1 N–H and O–H groups in total. The average molecular weight is 214 g/mol. The van der Waals surface area contributed by atoms with Gasteiger partial charge in [-0.1, -0.05) is 6.07 Å². The number of anilines is 1. The molecule has 1 aromatic carbocycles. The van der Waals surface area contributed by atoms with Crippen molar-refractivity contribution in [2.75, 3.05) is 18.0 Å². The lowest BCUT2D eigenvalue weighted by molar-refractivity contribution is 0.949. The van der Waals surface area contributed by atoms with Crippen LogP contribution in [0.3, 0.4) is 0 Å². The second kappa shape index (κ2) is 3.67. The van der Waals surface area contributed by atoms with E-state index in [4.69, 9.17) is 0 Å². The van der Waals surface area contributed by atoms with E-state index >= 15 is 0 Å². The third-order valence-corrected chi connectivity index (χ3v) is 3.18. The Balaban J connectivity index is 2.10. The fourth-order valence-corrected chi connectivity index (χ4v) is 2.31. The summed E-state index contributed by atoms with van der Waals surface area (Å²) < 4.78 is 0. The number of hydrogen-bond donors (Lipinski definition) is 1. The van der Waals surface area contributed by atoms with E-state index in [2.05, 4.69) is 28.1 Å². The number of pyridine rings is 1. The zero-order valence-electron chi connectivity index (χ0n) is 9.07. The minimum atomic E-state index is -0.0360. The first-order valence-corrected chi connectivity index (χ1v) is 5.71. The molecule has 1 aliphatic rings. The molecule has 0 atom stereocenters. The van der Waals surface area contributed by atoms with Gasteiger partial charge in [0.15, 0.2) is 0 Å². The minimum absolute atomic E-state index is 0.0360. The van der Waals surface area contributed by atoms with E-state index in [1.807, 2.05) is 6.07 Å². The molecule has 1 saturated heterocycles. The van der Waals surface area contributed by atoms with Crippen LogP contribution < -0.4 is 10.5 Å². The molecule has 0 aliphatic carbocycles. The van der Waals surface area contributed by atoms with Gasteiger partial charge in [-0.2, -0.15) is 0 Å². The maximum atomic E-state index is 11.2. The first-order chi connectivity index (χ1) is 7.83. The summed E-state index contributed by atoms with van der Waals surface area (Å²) in [5.41, 5.74) is 2.11. The van der Waals surface area contributed by atoms with E-state index in [9.17, 15) is 4.79 Å². The van der Waals surface area contributed by atoms with Gasteiger partial charge in [0.05, 0.1) is 5.52 Å². The van der Waals surface area contributed by atoms with Crippen LogP contribution in [0.1, 0.15) is 12.8 Å². The molecule has 3 nitrogen and oxygen atoms in total. The molecule has 3 rings (SSSR count). The van der Waals surface area contributed by atoms with E-state index in [1.54, 1.807) is 6.07 Å². The van der Waals surface area contributed by atoms with Crippen molar-refractivity contribution in [3.8, 4) is 0 Å². The molecule has 0 unspecified atom stereocenters. The highest BCUT2D eigenvalue weighted by atomic mass is 16.1. The van der Waals surface area contributed by atoms with Crippen molar-refractivity contribution >= 4 is 16.6 Å². The average Bonchev–Trinajstić information content (AvgIpc) is 2.81. The van der Waals surface area contributed by atoms with Crippen LogP contribution in [0.15, 0.2) is 35.1 Å². The van der Waals surface area contributed by atoms with Gasteiger partial charge >= 0.3 is 0 Å². The molecule has 0 spiro atoms. The van der Waals surface area contributed by atoms with E-state index in [0.717, 1.165) is 24.0 Å². The lowest BCUT2D eigenvalue weighted by atomic mass is 10.2. The van der Waals surface area contributed by atoms with Crippen molar-refractivity contribution in [1.82, 2.24) is 4.98 Å². The summed E-state index contributed by atoms with van der Waals surface area (Å²) in [4.78, 5) is 16.5. The fourth-order valence-electron chi connectivity index (χ4n) is 2.31. The van der Waals surface area contributed by atoms with Crippen molar-refractivity contribution in [3.63, 3.8) is 0 Å². The summed E-state index contributed by atoms with van der Waals surface area (Å²) in [6, 6.07) is 9.70. The van der Waals surface area contributed by atoms with E-state index in [1.165, 1.54) is 18.5 Å². The van der Waals surface area contributed by atoms with Gasteiger partial charge in [0, 0.05) is 24.8 Å². The Morgan fingerprint density at radius 1 is 1.06 bits per heavy atom. The maximum absolute atomic E-state index is 11.2. The zero-order chi connectivity index (χ0) is 11.0. The molecule has 0 bridgehead atoms. The van der Waals surface area contributed by atoms with Gasteiger partial charge in [-0.15, -0.1) is 0 Å². The largest absolute Gasteiger partial charge is 0.371 e. The first kappa shape index (κ1) is 9.46. The van der Waals surface area contributed by atoms with Crippen molar-refractivity contribution in [3.05, 3.63) is 40.7 Å². The summed E-state index contributed by atoms with van der Waals surface area (Å²) in [5.74, 6) is 0. The number of rotatable bonds is 1. The molecule has 0 saturated carbocycles. The summed E-state index contributed by atoms with van der Waals surface area (Å²) in [5, 5.41) is 1.09. The van der Waals surface area contributed by atoms with E-state index in [-0.39, 0.29) is 5.56 Å². The van der Waals surface area contributed by atoms with Gasteiger partial charge in [0.1, 0.15) is 0 Å². The molecule has 3 heteroatoms. The van der Waals surface area contributed by atoms with E-state index < -0.39 is 0 Å². The molecule has 2 aromatic rings. The number of aromatic nitrogens is 1. The van der Waals surface area contributed by atoms with Gasteiger partial charge in [-0.25, -0.2) is 0 Å². The van der Waals surface area contributed by atoms with Crippen LogP contribution in [0, 0.1) is 0 Å². The number of nitrogens with one attached hydrogen (secondary N) is 1. The molecule has 1 aliphatic heterocycles. The van der Waals surface area contributed by atoms with Crippen molar-refractivity contribution in [1.29, 1.82) is 0 Å². The molecule has 82 valence electrons. The van der Waals surface area contributed by atoms with Gasteiger partial charge in [-0.3, -0.25) is 4.79 Å². The number of nitrogens with zero attached hydrogens (tertiary/aromatic N) is 1. The normalized spacial score (nSPS) is 15.9. The highest BCUT2D eigenvalue weighted by Crippen LogP contribution is 2.23. The summed E-state index contributed by atoms with van der Waals surface area (Å²) in [6.45, 7) is 2.26. The molecule has 1 aromatic heterocycles. The predicted molar refractivity (Wildman–Crippen MR) is 66.0 cm³/mol. The first-order valence-electron chi connectivity index (χ1n) is 5.71. The van der Waals surface area contributed by atoms with Crippen LogP contribution in [0.2, 0.25) is 0 Å². The van der Waals surface area contributed by atoms with Crippen molar-refractivity contribution in [2.24, 2.45) is 0 Å². The third-order valence-electron chi connectivity index (χ3n) is 3.18. The van der Waals surface area contributed by atoms with Gasteiger partial charge < -0.3 is 9.88 Å². The quantitative estimate of drug-likeness (QED) is 0.789. The molecule has 0 amide bonds. The Morgan fingerprint density at radius 2 is 1.81 bits per heavy atom. The van der Waals surface area contributed by atoms with Gasteiger partial charge in [0.25, 0.3) is 0 Å². The standard InChI is InChI=1S/C13H14N2O/c16-13-6-4-10-3-5-11(9-12(10)14-13)15-7-1-2-8-15/h3-6,9H,1-2,7-8H2,(H,14,16). The van der Waals surface area contributed by atoms with Crippen LogP contribution in [0.25, 0.3) is 10.9 Å². The fraction of sp³-hybridized carbons (Fsp3) is 0.308. The number of benzene rings is 1. The Bertz CT molecular complexity index is 567. The second-order valence-corrected chi connectivity index (χ2v) is 4.29. The molecule has 2 heterocycles. The lowest BCUT2D eigenvalue weighted by Gasteiger charge is -2.17. The summed E-state index contributed by atoms with van der Waals surface area (Å²) in [7, 11) is 0. The number of hydrogen-bond acceptors (Lipinski definition) is 2. The highest BCUT2D eigenvalue weighted by molar-refractivity contribution is 5.82. The molecular weight excluding hydrogens is 200 g/mol. The molecule has 16 heavy (non-hydrogen) atoms. The van der Waals surface area contributed by atoms with Crippen LogP contribution >= 0.6 is 0 Å². The number of aromatic amines is 1. The Kier molecular flexibility index (Phi) is 2.17. The molecule has 0 radical (unpaired) electrons. The van der Waals surface area contributed by atoms with Gasteiger partial charge in [0.2, 0.25) is 5.56 Å². The third kappa shape index (κ3) is 1.58. The monoisotopic (exact) mass is 214 g/mol. The zero-order valence-corrected chi connectivity index (χ0v) is 9.07. The summed E-state index contributed by atoms with van der Waals surface area (Å²) in [6.07, 6.45) is 2.53. The second-order valence-electron chi connectivity index (χ2n) is 4.29. The minimum Gasteiger partial charge on any atom is -0.371 e. The Labute approximate surface area is 93.7 Å². The van der Waals surface area contributed by atoms with Crippen LogP contribution in [-0.4, -0.2) is 18.1 Å². The number of fused-ring (bicyclic) bond motifs is 1. The molecular formula is C13H14N2O. The lowest BCUT2D eigenvalue weighted by Crippen LogP contribution is -2.17. The smallest absolute Gasteiger partial charge is 0.248 e. The van der Waals surface area contributed by atoms with Crippen LogP contribution in [0.4, 0.5) is 5.69 Å². The SMILES string of the molecule is O=c1ccc2ccc(N3CCCC3)cc2[nH]1. The van der Waals surface area contributed by atoms with Gasteiger partial charge in [-0.05, 0) is 36.4 Å². The Morgan fingerprint density at radius 3 is 2.62 bits per heavy atom. The topological polar surface area (TPSA) is 36.1 Å². The molecule has 1 fully saturated rings. The predicted octanol–water partition coefficient (Wildman–Crippen LogP) is 2.13.